The van der Waals surface area contributed by atoms with Crippen LogP contribution >= 0.6 is 0 Å². The number of rotatable bonds is 5. The molecule has 2 heterocycles. The zero-order valence-electron chi connectivity index (χ0n) is 13.0. The first kappa shape index (κ1) is 15.4. The largest absolute Gasteiger partial charge is 0.363 e. The SMILES string of the molecule is CCc1noc(CN2CCN(c3ccccc3[N+](=O)[O-])CC2)n1. The van der Waals surface area contributed by atoms with E-state index in [-0.39, 0.29) is 10.6 Å². The molecule has 1 aliphatic rings. The highest BCUT2D eigenvalue weighted by Crippen LogP contribution is 2.28. The smallest absolute Gasteiger partial charge is 0.292 e. The van der Waals surface area contributed by atoms with Crippen LogP contribution in [-0.4, -0.2) is 46.1 Å². The van der Waals surface area contributed by atoms with Gasteiger partial charge in [0.2, 0.25) is 5.89 Å². The fourth-order valence-electron chi connectivity index (χ4n) is 2.72. The Labute approximate surface area is 133 Å². The van der Waals surface area contributed by atoms with Crippen LogP contribution in [0.5, 0.6) is 0 Å². The van der Waals surface area contributed by atoms with E-state index in [2.05, 4.69) is 19.9 Å². The zero-order valence-corrected chi connectivity index (χ0v) is 13.0. The van der Waals surface area contributed by atoms with Crippen molar-refractivity contribution in [2.24, 2.45) is 0 Å². The number of hydrogen-bond acceptors (Lipinski definition) is 7. The van der Waals surface area contributed by atoms with Crippen LogP contribution in [0.3, 0.4) is 0 Å². The molecule has 0 bridgehead atoms. The van der Waals surface area contributed by atoms with Gasteiger partial charge in [0.15, 0.2) is 5.82 Å². The molecule has 3 rings (SSSR count). The summed E-state index contributed by atoms with van der Waals surface area (Å²) in [6.07, 6.45) is 0.759. The average molecular weight is 317 g/mol. The van der Waals surface area contributed by atoms with Crippen molar-refractivity contribution in [3.05, 3.63) is 46.1 Å². The molecule has 23 heavy (non-hydrogen) atoms. The molecule has 0 radical (unpaired) electrons. The standard InChI is InChI=1S/C15H19N5O3/c1-2-14-16-15(23-17-14)11-18-7-9-19(10-8-18)12-5-3-4-6-13(12)20(21)22/h3-6H,2,7-11H2,1H3. The second kappa shape index (κ2) is 6.74. The number of anilines is 1. The molecule has 1 saturated heterocycles. The molecule has 122 valence electrons. The van der Waals surface area contributed by atoms with Crippen LogP contribution in [-0.2, 0) is 13.0 Å². The quantitative estimate of drug-likeness (QED) is 0.614. The molecule has 0 N–H and O–H groups in total. The van der Waals surface area contributed by atoms with E-state index in [0.717, 1.165) is 38.4 Å². The Bertz CT molecular complexity index is 679. The van der Waals surface area contributed by atoms with Gasteiger partial charge < -0.3 is 9.42 Å². The van der Waals surface area contributed by atoms with Gasteiger partial charge in [-0.05, 0) is 6.07 Å². The molecule has 1 aliphatic heterocycles. The number of benzene rings is 1. The lowest BCUT2D eigenvalue weighted by Gasteiger charge is -2.35. The minimum atomic E-state index is -0.327. The number of aromatic nitrogens is 2. The fraction of sp³-hybridized carbons (Fsp3) is 0.467. The van der Waals surface area contributed by atoms with E-state index in [9.17, 15) is 10.1 Å². The van der Waals surface area contributed by atoms with Crippen LogP contribution in [0.25, 0.3) is 0 Å². The van der Waals surface area contributed by atoms with Crippen molar-refractivity contribution in [1.82, 2.24) is 15.0 Å². The van der Waals surface area contributed by atoms with E-state index < -0.39 is 0 Å². The molecule has 0 spiro atoms. The third-order valence-electron chi connectivity index (χ3n) is 3.98. The summed E-state index contributed by atoms with van der Waals surface area (Å²) >= 11 is 0. The summed E-state index contributed by atoms with van der Waals surface area (Å²) in [5, 5.41) is 15.0. The van der Waals surface area contributed by atoms with Crippen molar-refractivity contribution in [2.45, 2.75) is 19.9 Å². The predicted molar refractivity (Wildman–Crippen MR) is 84.3 cm³/mol. The van der Waals surface area contributed by atoms with Crippen LogP contribution in [0.4, 0.5) is 11.4 Å². The molecule has 0 saturated carbocycles. The third-order valence-corrected chi connectivity index (χ3v) is 3.98. The van der Waals surface area contributed by atoms with Gasteiger partial charge in [-0.2, -0.15) is 4.98 Å². The summed E-state index contributed by atoms with van der Waals surface area (Å²) in [5.41, 5.74) is 0.841. The van der Waals surface area contributed by atoms with Crippen LogP contribution in [0.15, 0.2) is 28.8 Å². The lowest BCUT2D eigenvalue weighted by Crippen LogP contribution is -2.46. The molecule has 0 aliphatic carbocycles. The molecular formula is C15H19N5O3. The summed E-state index contributed by atoms with van der Waals surface area (Å²) < 4.78 is 5.21. The van der Waals surface area contributed by atoms with Crippen LogP contribution in [0.1, 0.15) is 18.6 Å². The molecular weight excluding hydrogens is 298 g/mol. The number of nitro benzene ring substituents is 1. The molecule has 8 heteroatoms. The van der Waals surface area contributed by atoms with E-state index >= 15 is 0 Å². The van der Waals surface area contributed by atoms with Gasteiger partial charge in [-0.3, -0.25) is 15.0 Å². The first-order valence-electron chi connectivity index (χ1n) is 7.69. The number of para-hydroxylation sites is 2. The first-order chi connectivity index (χ1) is 11.2. The average Bonchev–Trinajstić information content (AvgIpc) is 3.03. The van der Waals surface area contributed by atoms with Gasteiger partial charge >= 0.3 is 0 Å². The lowest BCUT2D eigenvalue weighted by atomic mass is 10.2. The number of piperazine rings is 1. The van der Waals surface area contributed by atoms with Gasteiger partial charge in [-0.1, -0.05) is 24.2 Å². The number of nitro groups is 1. The summed E-state index contributed by atoms with van der Waals surface area (Å²) in [6.45, 7) is 5.68. The van der Waals surface area contributed by atoms with Gasteiger partial charge in [-0.25, -0.2) is 0 Å². The van der Waals surface area contributed by atoms with Gasteiger partial charge in [0.25, 0.3) is 5.69 Å². The highest BCUT2D eigenvalue weighted by Gasteiger charge is 2.24. The zero-order chi connectivity index (χ0) is 16.2. The molecule has 0 unspecified atom stereocenters. The van der Waals surface area contributed by atoms with E-state index in [0.29, 0.717) is 18.1 Å². The van der Waals surface area contributed by atoms with Gasteiger partial charge in [0, 0.05) is 38.7 Å². The second-order valence-corrected chi connectivity index (χ2v) is 5.47. The van der Waals surface area contributed by atoms with E-state index in [1.54, 1.807) is 18.2 Å². The number of aryl methyl sites for hydroxylation is 1. The number of hydrogen-bond donors (Lipinski definition) is 0. The van der Waals surface area contributed by atoms with Gasteiger partial charge in [0.05, 0.1) is 11.5 Å². The van der Waals surface area contributed by atoms with E-state index in [1.165, 1.54) is 0 Å². The van der Waals surface area contributed by atoms with E-state index in [4.69, 9.17) is 4.52 Å². The number of nitrogens with zero attached hydrogens (tertiary/aromatic N) is 5. The first-order valence-corrected chi connectivity index (χ1v) is 7.69. The van der Waals surface area contributed by atoms with Crippen LogP contribution < -0.4 is 4.90 Å². The predicted octanol–water partition coefficient (Wildman–Crippen LogP) is 1.86. The van der Waals surface area contributed by atoms with Crippen LogP contribution in [0, 0.1) is 10.1 Å². The highest BCUT2D eigenvalue weighted by molar-refractivity contribution is 5.63. The Morgan fingerprint density at radius 3 is 2.65 bits per heavy atom. The molecule has 1 fully saturated rings. The van der Waals surface area contributed by atoms with Crippen molar-refractivity contribution in [3.8, 4) is 0 Å². The molecule has 8 nitrogen and oxygen atoms in total. The monoisotopic (exact) mass is 317 g/mol. The maximum atomic E-state index is 11.1. The minimum absolute atomic E-state index is 0.158. The fourth-order valence-corrected chi connectivity index (χ4v) is 2.72. The highest BCUT2D eigenvalue weighted by atomic mass is 16.6. The summed E-state index contributed by atoms with van der Waals surface area (Å²) in [7, 11) is 0. The lowest BCUT2D eigenvalue weighted by molar-refractivity contribution is -0.384. The second-order valence-electron chi connectivity index (χ2n) is 5.47. The maximum Gasteiger partial charge on any atom is 0.292 e. The summed E-state index contributed by atoms with van der Waals surface area (Å²) in [6, 6.07) is 6.88. The Hall–Kier alpha value is -2.48. The van der Waals surface area contributed by atoms with Crippen molar-refractivity contribution >= 4 is 11.4 Å². The Balaban J connectivity index is 1.61. The van der Waals surface area contributed by atoms with Crippen LogP contribution in [0.2, 0.25) is 0 Å². The molecule has 0 atom stereocenters. The Kier molecular flexibility index (Phi) is 4.52. The van der Waals surface area contributed by atoms with Crippen molar-refractivity contribution in [1.29, 1.82) is 0 Å². The van der Waals surface area contributed by atoms with Gasteiger partial charge in [0.1, 0.15) is 5.69 Å². The third kappa shape index (κ3) is 3.48. The minimum Gasteiger partial charge on any atom is -0.363 e. The molecule has 1 aromatic heterocycles. The molecule has 2 aromatic rings. The van der Waals surface area contributed by atoms with Crippen molar-refractivity contribution in [2.75, 3.05) is 31.1 Å². The summed E-state index contributed by atoms with van der Waals surface area (Å²) in [5.74, 6) is 1.35. The molecule has 0 amide bonds. The van der Waals surface area contributed by atoms with E-state index in [1.807, 2.05) is 13.0 Å². The molecule has 1 aromatic carbocycles. The van der Waals surface area contributed by atoms with Crippen molar-refractivity contribution in [3.63, 3.8) is 0 Å². The Morgan fingerprint density at radius 1 is 1.26 bits per heavy atom. The normalized spacial score (nSPS) is 15.8. The topological polar surface area (TPSA) is 88.5 Å². The van der Waals surface area contributed by atoms with Gasteiger partial charge in [-0.15, -0.1) is 0 Å². The maximum absolute atomic E-state index is 11.1. The summed E-state index contributed by atoms with van der Waals surface area (Å²) in [4.78, 5) is 19.4. The van der Waals surface area contributed by atoms with Crippen molar-refractivity contribution < 1.29 is 9.45 Å². The Morgan fingerprint density at radius 2 is 2.00 bits per heavy atom.